The highest BCUT2D eigenvalue weighted by atomic mass is 16.5. The molecule has 5 nitrogen and oxygen atoms in total. The van der Waals surface area contributed by atoms with Crippen LogP contribution in [0.2, 0.25) is 0 Å². The molecule has 0 radical (unpaired) electrons. The standard InChI is InChI=1S/C15H23N3O2/c1-11(2)20-13-6-4-12(5-7-13)18-14(16)17-10-15(19)8-3-9-15/h4-7,11,19H,3,8-10H2,1-2H3,(H3,16,17,18). The SMILES string of the molecule is CC(C)Oc1ccc(NC(N)=NCC2(O)CCC2)cc1. The molecule has 1 aliphatic carbocycles. The Morgan fingerprint density at radius 2 is 2.05 bits per heavy atom. The zero-order valence-corrected chi connectivity index (χ0v) is 12.1. The van der Waals surface area contributed by atoms with Gasteiger partial charge in [0, 0.05) is 5.69 Å². The minimum Gasteiger partial charge on any atom is -0.491 e. The molecule has 2 rings (SSSR count). The van der Waals surface area contributed by atoms with Crippen molar-refractivity contribution in [2.24, 2.45) is 10.7 Å². The fraction of sp³-hybridized carbons (Fsp3) is 0.533. The smallest absolute Gasteiger partial charge is 0.193 e. The number of hydrogen-bond donors (Lipinski definition) is 3. The summed E-state index contributed by atoms with van der Waals surface area (Å²) in [6.45, 7) is 4.34. The van der Waals surface area contributed by atoms with Gasteiger partial charge in [-0.2, -0.15) is 0 Å². The van der Waals surface area contributed by atoms with Crippen molar-refractivity contribution in [3.05, 3.63) is 24.3 Å². The van der Waals surface area contributed by atoms with Gasteiger partial charge >= 0.3 is 0 Å². The third-order valence-electron chi connectivity index (χ3n) is 3.33. The Bertz CT molecular complexity index is 465. The van der Waals surface area contributed by atoms with Crippen molar-refractivity contribution in [1.82, 2.24) is 0 Å². The summed E-state index contributed by atoms with van der Waals surface area (Å²) >= 11 is 0. The van der Waals surface area contributed by atoms with Crippen molar-refractivity contribution >= 4 is 11.6 Å². The molecule has 5 heteroatoms. The molecule has 0 aromatic heterocycles. The lowest BCUT2D eigenvalue weighted by atomic mass is 9.80. The van der Waals surface area contributed by atoms with Crippen molar-refractivity contribution in [1.29, 1.82) is 0 Å². The molecule has 20 heavy (non-hydrogen) atoms. The van der Waals surface area contributed by atoms with E-state index in [0.29, 0.717) is 12.5 Å². The largest absolute Gasteiger partial charge is 0.491 e. The maximum Gasteiger partial charge on any atom is 0.193 e. The number of nitrogens with zero attached hydrogens (tertiary/aromatic N) is 1. The lowest BCUT2D eigenvalue weighted by Crippen LogP contribution is -2.41. The molecule has 110 valence electrons. The van der Waals surface area contributed by atoms with Crippen molar-refractivity contribution in [3.63, 3.8) is 0 Å². The summed E-state index contributed by atoms with van der Waals surface area (Å²) in [5.41, 5.74) is 6.02. The first-order valence-electron chi connectivity index (χ1n) is 7.03. The maximum atomic E-state index is 9.94. The maximum absolute atomic E-state index is 9.94. The summed E-state index contributed by atoms with van der Waals surface area (Å²) in [7, 11) is 0. The molecule has 1 saturated carbocycles. The summed E-state index contributed by atoms with van der Waals surface area (Å²) in [6.07, 6.45) is 2.84. The monoisotopic (exact) mass is 277 g/mol. The van der Waals surface area contributed by atoms with E-state index in [9.17, 15) is 5.11 Å². The molecule has 4 N–H and O–H groups in total. The molecule has 0 atom stereocenters. The van der Waals surface area contributed by atoms with E-state index in [1.165, 1.54) is 0 Å². The van der Waals surface area contributed by atoms with Gasteiger partial charge in [-0.1, -0.05) is 0 Å². The van der Waals surface area contributed by atoms with Crippen LogP contribution in [0, 0.1) is 0 Å². The highest BCUT2D eigenvalue weighted by Crippen LogP contribution is 2.31. The number of hydrogen-bond acceptors (Lipinski definition) is 3. The highest BCUT2D eigenvalue weighted by molar-refractivity contribution is 5.92. The summed E-state index contributed by atoms with van der Waals surface area (Å²) < 4.78 is 5.57. The Balaban J connectivity index is 1.87. The molecular weight excluding hydrogens is 254 g/mol. The topological polar surface area (TPSA) is 79.9 Å². The third kappa shape index (κ3) is 4.13. The Morgan fingerprint density at radius 3 is 2.55 bits per heavy atom. The minimum atomic E-state index is -0.638. The van der Waals surface area contributed by atoms with Crippen molar-refractivity contribution in [2.45, 2.75) is 44.8 Å². The number of guanidine groups is 1. The fourth-order valence-electron chi connectivity index (χ4n) is 2.05. The van der Waals surface area contributed by atoms with Crippen LogP contribution in [0.5, 0.6) is 5.75 Å². The van der Waals surface area contributed by atoms with E-state index in [0.717, 1.165) is 30.7 Å². The van der Waals surface area contributed by atoms with Crippen LogP contribution in [0.3, 0.4) is 0 Å². The van der Waals surface area contributed by atoms with Gasteiger partial charge in [0.1, 0.15) is 5.75 Å². The van der Waals surface area contributed by atoms with Crippen LogP contribution >= 0.6 is 0 Å². The van der Waals surface area contributed by atoms with Gasteiger partial charge in [-0.3, -0.25) is 4.99 Å². The number of rotatable bonds is 5. The third-order valence-corrected chi connectivity index (χ3v) is 3.33. The van der Waals surface area contributed by atoms with E-state index in [1.807, 2.05) is 38.1 Å². The van der Waals surface area contributed by atoms with Crippen LogP contribution in [0.25, 0.3) is 0 Å². The molecule has 0 aliphatic heterocycles. The van der Waals surface area contributed by atoms with E-state index < -0.39 is 5.60 Å². The Labute approximate surface area is 119 Å². The zero-order chi connectivity index (χ0) is 14.6. The first kappa shape index (κ1) is 14.7. The van der Waals surface area contributed by atoms with Gasteiger partial charge in [-0.25, -0.2) is 0 Å². The second-order valence-electron chi connectivity index (χ2n) is 5.60. The summed E-state index contributed by atoms with van der Waals surface area (Å²) in [5, 5.41) is 12.9. The lowest BCUT2D eigenvalue weighted by molar-refractivity contribution is -0.0235. The van der Waals surface area contributed by atoms with Gasteiger partial charge in [-0.15, -0.1) is 0 Å². The van der Waals surface area contributed by atoms with Gasteiger partial charge < -0.3 is 20.9 Å². The molecule has 0 heterocycles. The van der Waals surface area contributed by atoms with Gasteiger partial charge in [0.15, 0.2) is 5.96 Å². The van der Waals surface area contributed by atoms with Crippen LogP contribution in [0.4, 0.5) is 5.69 Å². The number of ether oxygens (including phenoxy) is 1. The highest BCUT2D eigenvalue weighted by Gasteiger charge is 2.33. The molecule has 0 saturated heterocycles. The molecule has 0 unspecified atom stereocenters. The van der Waals surface area contributed by atoms with Crippen molar-refractivity contribution in [2.75, 3.05) is 11.9 Å². The van der Waals surface area contributed by atoms with E-state index >= 15 is 0 Å². The molecule has 0 bridgehead atoms. The first-order chi connectivity index (χ1) is 9.47. The van der Waals surface area contributed by atoms with E-state index in [-0.39, 0.29) is 6.10 Å². The number of nitrogens with two attached hydrogens (primary N) is 1. The summed E-state index contributed by atoms with van der Waals surface area (Å²) in [4.78, 5) is 4.19. The van der Waals surface area contributed by atoms with Crippen LogP contribution in [-0.2, 0) is 0 Å². The lowest BCUT2D eigenvalue weighted by Gasteiger charge is -2.34. The number of aliphatic hydroxyl groups is 1. The number of nitrogens with one attached hydrogen (secondary N) is 1. The molecule has 1 aliphatic rings. The Morgan fingerprint density at radius 1 is 1.40 bits per heavy atom. The van der Waals surface area contributed by atoms with Gasteiger partial charge in [0.25, 0.3) is 0 Å². The number of anilines is 1. The average Bonchev–Trinajstić information content (AvgIpc) is 2.36. The second kappa shape index (κ2) is 6.13. The molecule has 1 fully saturated rings. The molecule has 0 amide bonds. The van der Waals surface area contributed by atoms with Crippen LogP contribution in [0.1, 0.15) is 33.1 Å². The Kier molecular flexibility index (Phi) is 4.49. The zero-order valence-electron chi connectivity index (χ0n) is 12.1. The molecule has 1 aromatic carbocycles. The van der Waals surface area contributed by atoms with E-state index in [2.05, 4.69) is 10.3 Å². The number of benzene rings is 1. The van der Waals surface area contributed by atoms with E-state index in [4.69, 9.17) is 10.5 Å². The fourth-order valence-corrected chi connectivity index (χ4v) is 2.05. The van der Waals surface area contributed by atoms with Crippen molar-refractivity contribution < 1.29 is 9.84 Å². The summed E-state index contributed by atoms with van der Waals surface area (Å²) in [6, 6.07) is 7.54. The quantitative estimate of drug-likeness (QED) is 0.569. The predicted octanol–water partition coefficient (Wildman–Crippen LogP) is 2.12. The van der Waals surface area contributed by atoms with Crippen LogP contribution in [-0.4, -0.2) is 29.3 Å². The Hall–Kier alpha value is -1.75. The molecule has 1 aromatic rings. The van der Waals surface area contributed by atoms with Gasteiger partial charge in [0.05, 0.1) is 18.2 Å². The second-order valence-corrected chi connectivity index (χ2v) is 5.60. The molecular formula is C15H23N3O2. The minimum absolute atomic E-state index is 0.156. The van der Waals surface area contributed by atoms with Gasteiger partial charge in [-0.05, 0) is 57.4 Å². The number of aliphatic imine (C=N–C) groups is 1. The van der Waals surface area contributed by atoms with Crippen LogP contribution < -0.4 is 15.8 Å². The summed E-state index contributed by atoms with van der Waals surface area (Å²) in [5.74, 6) is 1.15. The first-order valence-corrected chi connectivity index (χ1v) is 7.03. The van der Waals surface area contributed by atoms with Crippen LogP contribution in [0.15, 0.2) is 29.3 Å². The van der Waals surface area contributed by atoms with E-state index in [1.54, 1.807) is 0 Å². The normalized spacial score (nSPS) is 17.7. The van der Waals surface area contributed by atoms with Gasteiger partial charge in [0.2, 0.25) is 0 Å². The van der Waals surface area contributed by atoms with Crippen molar-refractivity contribution in [3.8, 4) is 5.75 Å². The average molecular weight is 277 g/mol. The molecule has 0 spiro atoms. The predicted molar refractivity (Wildman–Crippen MR) is 81.1 cm³/mol.